The molecule has 0 aliphatic carbocycles. The fourth-order valence-electron chi connectivity index (χ4n) is 3.53. The first-order chi connectivity index (χ1) is 6.33. The van der Waals surface area contributed by atoms with E-state index in [0.717, 1.165) is 18.0 Å². The van der Waals surface area contributed by atoms with Crippen molar-refractivity contribution in [3.63, 3.8) is 0 Å². The van der Waals surface area contributed by atoms with Gasteiger partial charge in [0.25, 0.3) is 0 Å². The summed E-state index contributed by atoms with van der Waals surface area (Å²) in [6, 6.07) is 1.82. The standard InChI is InChI=1S/C11H20N2/c1-9-5-11-8-12-4-2-3-10(12)7-13(11)6-9/h9-11H,2-8H2,1H3/t9-,10-,11-/m0/s1. The third kappa shape index (κ3) is 1.31. The Morgan fingerprint density at radius 1 is 1.00 bits per heavy atom. The highest BCUT2D eigenvalue weighted by molar-refractivity contribution is 4.96. The molecule has 74 valence electrons. The van der Waals surface area contributed by atoms with Crippen molar-refractivity contribution in [3.05, 3.63) is 0 Å². The van der Waals surface area contributed by atoms with Crippen molar-refractivity contribution in [2.24, 2.45) is 5.92 Å². The van der Waals surface area contributed by atoms with Gasteiger partial charge >= 0.3 is 0 Å². The van der Waals surface area contributed by atoms with Crippen LogP contribution in [0.4, 0.5) is 0 Å². The van der Waals surface area contributed by atoms with Crippen molar-refractivity contribution >= 4 is 0 Å². The lowest BCUT2D eigenvalue weighted by molar-refractivity contribution is 0.0785. The van der Waals surface area contributed by atoms with E-state index >= 15 is 0 Å². The third-order valence-electron chi connectivity index (χ3n) is 4.13. The van der Waals surface area contributed by atoms with Crippen LogP contribution >= 0.6 is 0 Å². The second kappa shape index (κ2) is 2.96. The van der Waals surface area contributed by atoms with Gasteiger partial charge in [0, 0.05) is 31.7 Å². The Labute approximate surface area is 80.9 Å². The van der Waals surface area contributed by atoms with E-state index in [-0.39, 0.29) is 0 Å². The van der Waals surface area contributed by atoms with Crippen molar-refractivity contribution in [2.45, 2.75) is 38.3 Å². The van der Waals surface area contributed by atoms with Crippen LogP contribution in [0.15, 0.2) is 0 Å². The van der Waals surface area contributed by atoms with Gasteiger partial charge < -0.3 is 0 Å². The number of hydrogen-bond donors (Lipinski definition) is 0. The van der Waals surface area contributed by atoms with Crippen LogP contribution in [0.5, 0.6) is 0 Å². The van der Waals surface area contributed by atoms with E-state index in [1.54, 1.807) is 0 Å². The highest BCUT2D eigenvalue weighted by atomic mass is 15.3. The van der Waals surface area contributed by atoms with Gasteiger partial charge in [0.05, 0.1) is 0 Å². The van der Waals surface area contributed by atoms with E-state index < -0.39 is 0 Å². The van der Waals surface area contributed by atoms with Crippen LogP contribution in [0.25, 0.3) is 0 Å². The summed E-state index contributed by atoms with van der Waals surface area (Å²) in [6.45, 7) is 7.89. The van der Waals surface area contributed by atoms with Gasteiger partial charge in [-0.05, 0) is 31.7 Å². The minimum atomic E-state index is 0.907. The van der Waals surface area contributed by atoms with Gasteiger partial charge in [0.2, 0.25) is 0 Å². The minimum Gasteiger partial charge on any atom is -0.298 e. The zero-order chi connectivity index (χ0) is 8.84. The predicted molar refractivity (Wildman–Crippen MR) is 53.7 cm³/mol. The molecule has 3 heterocycles. The summed E-state index contributed by atoms with van der Waals surface area (Å²) in [6.07, 6.45) is 4.35. The Morgan fingerprint density at radius 2 is 1.85 bits per heavy atom. The molecule has 0 unspecified atom stereocenters. The minimum absolute atomic E-state index is 0.907. The molecule has 0 N–H and O–H groups in total. The number of piperazine rings is 1. The van der Waals surface area contributed by atoms with Crippen LogP contribution in [0.3, 0.4) is 0 Å². The normalized spacial score (nSPS) is 46.4. The molecule has 0 saturated carbocycles. The fourth-order valence-corrected chi connectivity index (χ4v) is 3.53. The second-order valence-corrected chi connectivity index (χ2v) is 5.24. The molecule has 2 heteroatoms. The van der Waals surface area contributed by atoms with Crippen molar-refractivity contribution in [3.8, 4) is 0 Å². The molecule has 13 heavy (non-hydrogen) atoms. The summed E-state index contributed by atoms with van der Waals surface area (Å²) < 4.78 is 0. The first-order valence-corrected chi connectivity index (χ1v) is 5.81. The van der Waals surface area contributed by atoms with Crippen LogP contribution in [0, 0.1) is 5.92 Å². The number of rotatable bonds is 0. The van der Waals surface area contributed by atoms with E-state index in [4.69, 9.17) is 0 Å². The van der Waals surface area contributed by atoms with Crippen LogP contribution in [-0.4, -0.2) is 48.1 Å². The molecule has 0 aromatic carbocycles. The zero-order valence-electron chi connectivity index (χ0n) is 8.58. The fraction of sp³-hybridized carbons (Fsp3) is 1.00. The molecule has 3 rings (SSSR count). The third-order valence-corrected chi connectivity index (χ3v) is 4.13. The number of nitrogens with zero attached hydrogens (tertiary/aromatic N) is 2. The molecule has 3 fully saturated rings. The summed E-state index contributed by atoms with van der Waals surface area (Å²) in [5, 5.41) is 0. The molecule has 3 atom stereocenters. The summed E-state index contributed by atoms with van der Waals surface area (Å²) >= 11 is 0. The van der Waals surface area contributed by atoms with Crippen molar-refractivity contribution in [1.29, 1.82) is 0 Å². The second-order valence-electron chi connectivity index (χ2n) is 5.24. The SMILES string of the molecule is C[C@H]1C[C@H]2CN3CCC[C@H]3CN2C1. The molecule has 0 aromatic heterocycles. The summed E-state index contributed by atoms with van der Waals surface area (Å²) in [7, 11) is 0. The lowest BCUT2D eigenvalue weighted by Crippen LogP contribution is -2.53. The van der Waals surface area contributed by atoms with Gasteiger partial charge in [-0.1, -0.05) is 6.92 Å². The Balaban J connectivity index is 1.73. The monoisotopic (exact) mass is 180 g/mol. The van der Waals surface area contributed by atoms with Gasteiger partial charge in [0.15, 0.2) is 0 Å². The molecule has 0 aromatic rings. The van der Waals surface area contributed by atoms with Crippen LogP contribution in [0.2, 0.25) is 0 Å². The lowest BCUT2D eigenvalue weighted by atomic mass is 10.1. The van der Waals surface area contributed by atoms with E-state index in [9.17, 15) is 0 Å². The molecule has 0 radical (unpaired) electrons. The van der Waals surface area contributed by atoms with Crippen LogP contribution in [0.1, 0.15) is 26.2 Å². The Kier molecular flexibility index (Phi) is 1.88. The van der Waals surface area contributed by atoms with Gasteiger partial charge in [-0.2, -0.15) is 0 Å². The highest BCUT2D eigenvalue weighted by Crippen LogP contribution is 2.31. The number of fused-ring (bicyclic) bond motifs is 2. The van der Waals surface area contributed by atoms with E-state index in [0.29, 0.717) is 0 Å². The van der Waals surface area contributed by atoms with Crippen molar-refractivity contribution in [2.75, 3.05) is 26.2 Å². The molecule has 2 nitrogen and oxygen atoms in total. The van der Waals surface area contributed by atoms with Gasteiger partial charge in [0.1, 0.15) is 0 Å². The summed E-state index contributed by atoms with van der Waals surface area (Å²) in [4.78, 5) is 5.48. The maximum absolute atomic E-state index is 2.75. The van der Waals surface area contributed by atoms with E-state index in [1.165, 1.54) is 45.4 Å². The topological polar surface area (TPSA) is 6.48 Å². The molecule has 3 aliphatic rings. The molecular formula is C11H20N2. The molecule has 3 aliphatic heterocycles. The zero-order valence-corrected chi connectivity index (χ0v) is 8.58. The highest BCUT2D eigenvalue weighted by Gasteiger charge is 2.40. The maximum Gasteiger partial charge on any atom is 0.0227 e. The lowest BCUT2D eigenvalue weighted by Gasteiger charge is -2.40. The quantitative estimate of drug-likeness (QED) is 0.552. The molecule has 0 spiro atoms. The summed E-state index contributed by atoms with van der Waals surface area (Å²) in [5.74, 6) is 0.949. The smallest absolute Gasteiger partial charge is 0.0227 e. The van der Waals surface area contributed by atoms with Gasteiger partial charge in [-0.25, -0.2) is 0 Å². The van der Waals surface area contributed by atoms with E-state index in [2.05, 4.69) is 16.7 Å². The van der Waals surface area contributed by atoms with Gasteiger partial charge in [-0.3, -0.25) is 9.80 Å². The Hall–Kier alpha value is -0.0800. The molecular weight excluding hydrogens is 160 g/mol. The largest absolute Gasteiger partial charge is 0.298 e. The van der Waals surface area contributed by atoms with Crippen LogP contribution in [-0.2, 0) is 0 Å². The molecule has 0 amide bonds. The Morgan fingerprint density at radius 3 is 2.77 bits per heavy atom. The van der Waals surface area contributed by atoms with Crippen molar-refractivity contribution in [1.82, 2.24) is 9.80 Å². The summed E-state index contributed by atoms with van der Waals surface area (Å²) in [5.41, 5.74) is 0. The first kappa shape index (κ1) is 8.25. The van der Waals surface area contributed by atoms with Gasteiger partial charge in [-0.15, -0.1) is 0 Å². The Bertz CT molecular complexity index is 184. The maximum atomic E-state index is 2.75. The average molecular weight is 180 g/mol. The predicted octanol–water partition coefficient (Wildman–Crippen LogP) is 1.17. The molecule has 0 bridgehead atoms. The van der Waals surface area contributed by atoms with E-state index in [1.807, 2.05) is 0 Å². The van der Waals surface area contributed by atoms with Crippen LogP contribution < -0.4 is 0 Å². The van der Waals surface area contributed by atoms with Crippen molar-refractivity contribution < 1.29 is 0 Å². The molecule has 3 saturated heterocycles. The number of hydrogen-bond acceptors (Lipinski definition) is 2. The average Bonchev–Trinajstić information content (AvgIpc) is 2.63. The first-order valence-electron chi connectivity index (χ1n) is 5.81.